The minimum atomic E-state index is -0.258. The van der Waals surface area contributed by atoms with Crippen molar-refractivity contribution in [1.82, 2.24) is 15.2 Å². The van der Waals surface area contributed by atoms with Gasteiger partial charge in [-0.2, -0.15) is 0 Å². The molecule has 1 N–H and O–H groups in total. The van der Waals surface area contributed by atoms with E-state index in [0.717, 1.165) is 17.8 Å². The number of carbonyl (C=O) groups excluding carboxylic acids is 2. The third kappa shape index (κ3) is 5.39. The molecule has 1 aliphatic heterocycles. The lowest BCUT2D eigenvalue weighted by Crippen LogP contribution is -2.46. The number of rotatable bonds is 5. The average molecular weight is 381 g/mol. The first-order valence-corrected chi connectivity index (χ1v) is 9.57. The third-order valence-electron chi connectivity index (χ3n) is 4.80. The number of ether oxygens (including phenoxy) is 1. The first kappa shape index (κ1) is 20.0. The molecule has 0 aliphatic carbocycles. The van der Waals surface area contributed by atoms with E-state index in [1.807, 2.05) is 6.92 Å². The maximum Gasteiger partial charge on any atom is 0.242 e. The van der Waals surface area contributed by atoms with Gasteiger partial charge in [-0.15, -0.1) is 0 Å². The van der Waals surface area contributed by atoms with Crippen molar-refractivity contribution in [2.75, 3.05) is 26.2 Å². The molecule has 1 saturated heterocycles. The van der Waals surface area contributed by atoms with Crippen LogP contribution < -0.4 is 5.32 Å². The summed E-state index contributed by atoms with van der Waals surface area (Å²) in [5.74, 6) is -0.310. The number of aryl methyl sites for hydroxylation is 2. The van der Waals surface area contributed by atoms with Gasteiger partial charge in [-0.1, -0.05) is 29.8 Å². The zero-order valence-corrected chi connectivity index (χ0v) is 16.7. The Bertz CT molecular complexity index is 849. The van der Waals surface area contributed by atoms with Crippen molar-refractivity contribution in [2.45, 2.75) is 33.3 Å². The number of aromatic nitrogens is 1. The summed E-state index contributed by atoms with van der Waals surface area (Å²) >= 11 is 0. The van der Waals surface area contributed by atoms with Crippen LogP contribution in [0.15, 0.2) is 36.4 Å². The smallest absolute Gasteiger partial charge is 0.242 e. The predicted octanol–water partition coefficient (Wildman–Crippen LogP) is 2.33. The Balaban J connectivity index is 1.71. The van der Waals surface area contributed by atoms with E-state index in [1.165, 1.54) is 23.6 Å². The van der Waals surface area contributed by atoms with E-state index in [4.69, 9.17) is 4.74 Å². The van der Waals surface area contributed by atoms with Gasteiger partial charge in [-0.3, -0.25) is 14.6 Å². The van der Waals surface area contributed by atoms with Crippen LogP contribution in [0.3, 0.4) is 0 Å². The highest BCUT2D eigenvalue weighted by atomic mass is 16.5. The van der Waals surface area contributed by atoms with Crippen LogP contribution in [0.4, 0.5) is 0 Å². The topological polar surface area (TPSA) is 71.5 Å². The first-order chi connectivity index (χ1) is 13.4. The Morgan fingerprint density at radius 1 is 1.18 bits per heavy atom. The molecule has 6 nitrogen and oxygen atoms in total. The number of hydrogen-bond acceptors (Lipinski definition) is 4. The molecule has 6 heteroatoms. The molecule has 1 atom stereocenters. The maximum absolute atomic E-state index is 12.3. The fourth-order valence-electron chi connectivity index (χ4n) is 3.34. The Labute approximate surface area is 165 Å². The Hall–Kier alpha value is -2.73. The minimum absolute atomic E-state index is 0.0158. The number of nitrogens with one attached hydrogen (secondary N) is 1. The summed E-state index contributed by atoms with van der Waals surface area (Å²) in [4.78, 5) is 29.7. The fraction of sp³-hybridized carbons (Fsp3) is 0.409. The summed E-state index contributed by atoms with van der Waals surface area (Å²) < 4.78 is 5.90. The van der Waals surface area contributed by atoms with Gasteiger partial charge in [0.15, 0.2) is 0 Å². The van der Waals surface area contributed by atoms with Crippen LogP contribution in [-0.4, -0.2) is 47.9 Å². The molecule has 1 fully saturated rings. The van der Waals surface area contributed by atoms with E-state index in [1.54, 1.807) is 4.90 Å². The molecular formula is C22H27N3O3. The van der Waals surface area contributed by atoms with Gasteiger partial charge >= 0.3 is 0 Å². The van der Waals surface area contributed by atoms with Gasteiger partial charge in [0.1, 0.15) is 6.10 Å². The maximum atomic E-state index is 12.3. The molecule has 28 heavy (non-hydrogen) atoms. The molecule has 1 aromatic carbocycles. The zero-order chi connectivity index (χ0) is 20.1. The number of carbonyl (C=O) groups is 2. The van der Waals surface area contributed by atoms with Gasteiger partial charge in [0.2, 0.25) is 11.8 Å². The van der Waals surface area contributed by atoms with E-state index < -0.39 is 0 Å². The van der Waals surface area contributed by atoms with Gasteiger partial charge in [-0.25, -0.2) is 0 Å². The van der Waals surface area contributed by atoms with Crippen molar-refractivity contribution >= 4 is 11.8 Å². The quantitative estimate of drug-likeness (QED) is 0.863. The molecule has 2 heterocycles. The van der Waals surface area contributed by atoms with E-state index in [9.17, 15) is 9.59 Å². The molecular weight excluding hydrogens is 354 g/mol. The molecule has 1 aliphatic rings. The Kier molecular flexibility index (Phi) is 6.41. The van der Waals surface area contributed by atoms with E-state index >= 15 is 0 Å². The lowest BCUT2D eigenvalue weighted by Gasteiger charge is -2.33. The monoisotopic (exact) mass is 381 g/mol. The second-order valence-electron chi connectivity index (χ2n) is 7.31. The van der Waals surface area contributed by atoms with Gasteiger partial charge < -0.3 is 15.0 Å². The summed E-state index contributed by atoms with van der Waals surface area (Å²) in [6.45, 7) is 6.90. The first-order valence-electron chi connectivity index (χ1n) is 9.57. The molecule has 0 unspecified atom stereocenters. The van der Waals surface area contributed by atoms with Gasteiger partial charge in [0, 0.05) is 19.2 Å². The number of nitrogens with zero attached hydrogens (tertiary/aromatic N) is 2. The summed E-state index contributed by atoms with van der Waals surface area (Å²) in [6, 6.07) is 12.7. The Morgan fingerprint density at radius 2 is 1.93 bits per heavy atom. The minimum Gasteiger partial charge on any atom is -0.368 e. The number of pyridine rings is 1. The largest absolute Gasteiger partial charge is 0.368 e. The normalized spacial score (nSPS) is 16.7. The molecule has 0 bridgehead atoms. The van der Waals surface area contributed by atoms with Crippen LogP contribution in [0.2, 0.25) is 0 Å². The van der Waals surface area contributed by atoms with Crippen molar-refractivity contribution in [3.8, 4) is 0 Å². The van der Waals surface area contributed by atoms with Crippen LogP contribution >= 0.6 is 0 Å². The Morgan fingerprint density at radius 3 is 2.64 bits per heavy atom. The lowest BCUT2D eigenvalue weighted by molar-refractivity contribution is -0.139. The van der Waals surface area contributed by atoms with Crippen molar-refractivity contribution in [1.29, 1.82) is 0 Å². The zero-order valence-electron chi connectivity index (χ0n) is 16.7. The predicted molar refractivity (Wildman–Crippen MR) is 107 cm³/mol. The summed E-state index contributed by atoms with van der Waals surface area (Å²) in [5.41, 5.74) is 5.45. The SMILES string of the molecule is CC(=O)NCC(=O)N1CCO[C@H](c2cc(Cc3ccc(C)cc3)cc(C)n2)C1. The highest BCUT2D eigenvalue weighted by molar-refractivity contribution is 5.83. The van der Waals surface area contributed by atoms with Crippen LogP contribution in [0, 0.1) is 13.8 Å². The molecule has 0 saturated carbocycles. The molecule has 3 rings (SSSR count). The highest BCUT2D eigenvalue weighted by Gasteiger charge is 2.26. The van der Waals surface area contributed by atoms with Crippen molar-refractivity contribution in [3.05, 3.63) is 64.5 Å². The number of hydrogen-bond donors (Lipinski definition) is 1. The lowest BCUT2D eigenvalue weighted by atomic mass is 10.0. The molecule has 2 amide bonds. The van der Waals surface area contributed by atoms with Crippen LogP contribution in [0.25, 0.3) is 0 Å². The summed E-state index contributed by atoms with van der Waals surface area (Å²) in [5, 5.41) is 2.56. The van der Waals surface area contributed by atoms with Crippen LogP contribution in [0.5, 0.6) is 0 Å². The molecule has 0 spiro atoms. The second kappa shape index (κ2) is 8.97. The number of morpholine rings is 1. The van der Waals surface area contributed by atoms with Gasteiger partial charge in [0.05, 0.1) is 25.4 Å². The molecule has 1 aromatic heterocycles. The number of benzene rings is 1. The standard InChI is InChI=1S/C22H27N3O3/c1-15-4-6-18(7-5-15)11-19-10-16(2)24-20(12-19)21-14-25(8-9-28-21)22(27)13-23-17(3)26/h4-7,10,12,21H,8-9,11,13-14H2,1-3H3,(H,23,26)/t21-/m0/s1. The van der Waals surface area contributed by atoms with Crippen molar-refractivity contribution in [3.63, 3.8) is 0 Å². The molecule has 0 radical (unpaired) electrons. The summed E-state index contributed by atoms with van der Waals surface area (Å²) in [7, 11) is 0. The number of amides is 2. The highest BCUT2D eigenvalue weighted by Crippen LogP contribution is 2.23. The van der Waals surface area contributed by atoms with Gasteiger partial charge in [0.25, 0.3) is 0 Å². The van der Waals surface area contributed by atoms with Crippen LogP contribution in [0.1, 0.15) is 41.1 Å². The average Bonchev–Trinajstić information content (AvgIpc) is 2.67. The molecule has 2 aromatic rings. The van der Waals surface area contributed by atoms with Crippen molar-refractivity contribution < 1.29 is 14.3 Å². The fourth-order valence-corrected chi connectivity index (χ4v) is 3.34. The van der Waals surface area contributed by atoms with E-state index in [0.29, 0.717) is 19.7 Å². The summed E-state index contributed by atoms with van der Waals surface area (Å²) in [6.07, 6.45) is 0.570. The second-order valence-corrected chi connectivity index (χ2v) is 7.31. The third-order valence-corrected chi connectivity index (χ3v) is 4.80. The van der Waals surface area contributed by atoms with Gasteiger partial charge in [-0.05, 0) is 43.5 Å². The van der Waals surface area contributed by atoms with Crippen molar-refractivity contribution in [2.24, 2.45) is 0 Å². The molecule has 148 valence electrons. The van der Waals surface area contributed by atoms with E-state index in [2.05, 4.69) is 53.6 Å². The van der Waals surface area contributed by atoms with Crippen LogP contribution in [-0.2, 0) is 20.7 Å². The van der Waals surface area contributed by atoms with E-state index in [-0.39, 0.29) is 24.5 Å².